The smallest absolute Gasteiger partial charge is 0.0767 e. The summed E-state index contributed by atoms with van der Waals surface area (Å²) in [4.78, 5) is 0. The molecule has 0 aliphatic heterocycles. The Hall–Kier alpha value is -1.07. The summed E-state index contributed by atoms with van der Waals surface area (Å²) in [7, 11) is 0. The fourth-order valence-corrected chi connectivity index (χ4v) is 3.04. The lowest BCUT2D eigenvalue weighted by molar-refractivity contribution is 0.580. The number of hydrogen-bond donors (Lipinski definition) is 1. The standard InChI is InChI=1S/C15H23BrN4/c1-4-13-15(16)14(20(6-3)18-13)11-19-9-7-8-12(19)10-17-5-2/h7-9,17H,4-6,10-11H2,1-3H3. The summed E-state index contributed by atoms with van der Waals surface area (Å²) < 4.78 is 5.54. The minimum Gasteiger partial charge on any atom is -0.344 e. The average Bonchev–Trinajstić information content (AvgIpc) is 3.02. The van der Waals surface area contributed by atoms with E-state index in [0.29, 0.717) is 0 Å². The van der Waals surface area contributed by atoms with Crippen LogP contribution in [0.2, 0.25) is 0 Å². The molecular weight excluding hydrogens is 316 g/mol. The third kappa shape index (κ3) is 3.15. The number of hydrogen-bond acceptors (Lipinski definition) is 2. The second-order valence-electron chi connectivity index (χ2n) is 4.78. The molecule has 0 saturated heterocycles. The van der Waals surface area contributed by atoms with E-state index in [0.717, 1.165) is 42.8 Å². The van der Waals surface area contributed by atoms with E-state index in [1.165, 1.54) is 11.4 Å². The summed E-state index contributed by atoms with van der Waals surface area (Å²) in [5, 5.41) is 8.04. The Kier molecular flexibility index (Phi) is 5.43. The average molecular weight is 339 g/mol. The third-order valence-electron chi connectivity index (χ3n) is 3.49. The molecule has 110 valence electrons. The molecule has 5 heteroatoms. The van der Waals surface area contributed by atoms with Crippen LogP contribution in [-0.2, 0) is 26.1 Å². The number of halogens is 1. The van der Waals surface area contributed by atoms with Gasteiger partial charge in [0.25, 0.3) is 0 Å². The maximum atomic E-state index is 4.66. The summed E-state index contributed by atoms with van der Waals surface area (Å²) in [5.74, 6) is 0. The molecule has 0 aliphatic carbocycles. The summed E-state index contributed by atoms with van der Waals surface area (Å²) in [6.07, 6.45) is 3.09. The summed E-state index contributed by atoms with van der Waals surface area (Å²) >= 11 is 3.71. The van der Waals surface area contributed by atoms with Crippen LogP contribution in [0.1, 0.15) is 37.9 Å². The Morgan fingerprint density at radius 2 is 2.10 bits per heavy atom. The van der Waals surface area contributed by atoms with Crippen LogP contribution in [0.25, 0.3) is 0 Å². The highest BCUT2D eigenvalue weighted by atomic mass is 79.9. The topological polar surface area (TPSA) is 34.8 Å². The van der Waals surface area contributed by atoms with Crippen molar-refractivity contribution in [3.8, 4) is 0 Å². The predicted octanol–water partition coefficient (Wildman–Crippen LogP) is 3.19. The maximum absolute atomic E-state index is 4.66. The highest BCUT2D eigenvalue weighted by molar-refractivity contribution is 9.10. The molecule has 0 bridgehead atoms. The normalized spacial score (nSPS) is 11.2. The molecule has 2 heterocycles. The molecule has 0 amide bonds. The number of nitrogens with one attached hydrogen (secondary N) is 1. The van der Waals surface area contributed by atoms with Crippen LogP contribution < -0.4 is 5.32 Å². The first-order valence-corrected chi connectivity index (χ1v) is 8.09. The zero-order chi connectivity index (χ0) is 14.5. The minimum atomic E-state index is 0.856. The molecule has 20 heavy (non-hydrogen) atoms. The lowest BCUT2D eigenvalue weighted by Crippen LogP contribution is -2.16. The van der Waals surface area contributed by atoms with Gasteiger partial charge in [-0.1, -0.05) is 13.8 Å². The van der Waals surface area contributed by atoms with E-state index < -0.39 is 0 Å². The van der Waals surface area contributed by atoms with Gasteiger partial charge in [-0.05, 0) is 48.0 Å². The van der Waals surface area contributed by atoms with Crippen LogP contribution in [0.4, 0.5) is 0 Å². The third-order valence-corrected chi connectivity index (χ3v) is 4.41. The van der Waals surface area contributed by atoms with Gasteiger partial charge in [0.2, 0.25) is 0 Å². The van der Waals surface area contributed by atoms with Gasteiger partial charge in [-0.25, -0.2) is 0 Å². The van der Waals surface area contributed by atoms with E-state index in [4.69, 9.17) is 0 Å². The fourth-order valence-electron chi connectivity index (χ4n) is 2.35. The van der Waals surface area contributed by atoms with Crippen LogP contribution in [-0.4, -0.2) is 20.9 Å². The van der Waals surface area contributed by atoms with Crippen molar-refractivity contribution in [2.24, 2.45) is 0 Å². The van der Waals surface area contributed by atoms with Crippen LogP contribution in [0.3, 0.4) is 0 Å². The molecule has 0 unspecified atom stereocenters. The minimum absolute atomic E-state index is 0.856. The van der Waals surface area contributed by atoms with Gasteiger partial charge in [0.15, 0.2) is 0 Å². The molecule has 0 radical (unpaired) electrons. The zero-order valence-corrected chi connectivity index (χ0v) is 14.1. The zero-order valence-electron chi connectivity index (χ0n) is 12.5. The lowest BCUT2D eigenvalue weighted by atomic mass is 10.3. The van der Waals surface area contributed by atoms with Crippen LogP contribution >= 0.6 is 15.9 Å². The van der Waals surface area contributed by atoms with Crippen molar-refractivity contribution in [3.63, 3.8) is 0 Å². The van der Waals surface area contributed by atoms with Crippen molar-refractivity contribution in [1.29, 1.82) is 0 Å². The van der Waals surface area contributed by atoms with Gasteiger partial charge in [0.1, 0.15) is 0 Å². The summed E-state index contributed by atoms with van der Waals surface area (Å²) in [5.41, 5.74) is 3.70. The Morgan fingerprint density at radius 3 is 2.75 bits per heavy atom. The van der Waals surface area contributed by atoms with E-state index in [9.17, 15) is 0 Å². The van der Waals surface area contributed by atoms with Gasteiger partial charge in [-0.2, -0.15) is 5.10 Å². The first-order valence-electron chi connectivity index (χ1n) is 7.29. The van der Waals surface area contributed by atoms with Crippen LogP contribution in [0, 0.1) is 0 Å². The maximum Gasteiger partial charge on any atom is 0.0767 e. The highest BCUT2D eigenvalue weighted by Crippen LogP contribution is 2.23. The number of nitrogens with zero attached hydrogens (tertiary/aromatic N) is 3. The summed E-state index contributed by atoms with van der Waals surface area (Å²) in [6.45, 7) is 10.1. The van der Waals surface area contributed by atoms with Crippen molar-refractivity contribution in [2.45, 2.75) is 46.8 Å². The van der Waals surface area contributed by atoms with Gasteiger partial charge in [0.05, 0.1) is 22.4 Å². The first kappa shape index (κ1) is 15.3. The van der Waals surface area contributed by atoms with Crippen molar-refractivity contribution in [3.05, 3.63) is 39.9 Å². The predicted molar refractivity (Wildman–Crippen MR) is 85.9 cm³/mol. The van der Waals surface area contributed by atoms with E-state index in [-0.39, 0.29) is 0 Å². The first-order chi connectivity index (χ1) is 9.71. The Labute approximate surface area is 129 Å². The fraction of sp³-hybridized carbons (Fsp3) is 0.533. The molecule has 2 aromatic rings. The molecule has 0 aliphatic rings. The Bertz CT molecular complexity index is 556. The molecule has 4 nitrogen and oxygen atoms in total. The van der Waals surface area contributed by atoms with Crippen LogP contribution in [0.5, 0.6) is 0 Å². The van der Waals surface area contributed by atoms with Gasteiger partial charge < -0.3 is 9.88 Å². The molecule has 1 N–H and O–H groups in total. The second-order valence-corrected chi connectivity index (χ2v) is 5.58. The number of aromatic nitrogens is 3. The lowest BCUT2D eigenvalue weighted by Gasteiger charge is -2.11. The van der Waals surface area contributed by atoms with Crippen molar-refractivity contribution < 1.29 is 0 Å². The van der Waals surface area contributed by atoms with Gasteiger partial charge in [0, 0.05) is 25.0 Å². The molecule has 0 aromatic carbocycles. The molecule has 0 saturated carbocycles. The number of aryl methyl sites for hydroxylation is 2. The van der Waals surface area contributed by atoms with Gasteiger partial charge >= 0.3 is 0 Å². The van der Waals surface area contributed by atoms with Crippen LogP contribution in [0.15, 0.2) is 22.8 Å². The summed E-state index contributed by atoms with van der Waals surface area (Å²) in [6, 6.07) is 4.28. The molecule has 0 atom stereocenters. The molecule has 0 spiro atoms. The molecule has 2 rings (SSSR count). The van der Waals surface area contributed by atoms with E-state index in [2.05, 4.69) is 74.7 Å². The van der Waals surface area contributed by atoms with E-state index >= 15 is 0 Å². The largest absolute Gasteiger partial charge is 0.344 e. The van der Waals surface area contributed by atoms with E-state index in [1.807, 2.05) is 0 Å². The molecular formula is C15H23BrN4. The molecule has 0 fully saturated rings. The monoisotopic (exact) mass is 338 g/mol. The quantitative estimate of drug-likeness (QED) is 0.841. The van der Waals surface area contributed by atoms with Gasteiger partial charge in [-0.3, -0.25) is 4.68 Å². The Balaban J connectivity index is 2.25. The van der Waals surface area contributed by atoms with Crippen molar-refractivity contribution >= 4 is 15.9 Å². The molecule has 2 aromatic heterocycles. The highest BCUT2D eigenvalue weighted by Gasteiger charge is 2.14. The van der Waals surface area contributed by atoms with Crippen molar-refractivity contribution in [2.75, 3.05) is 6.54 Å². The second kappa shape index (κ2) is 7.09. The van der Waals surface area contributed by atoms with E-state index in [1.54, 1.807) is 0 Å². The van der Waals surface area contributed by atoms with Crippen molar-refractivity contribution in [1.82, 2.24) is 19.7 Å². The Morgan fingerprint density at radius 1 is 1.30 bits per heavy atom. The SMILES string of the molecule is CCNCc1cccn1Cc1c(Br)c(CC)nn1CC. The number of rotatable bonds is 7. The van der Waals surface area contributed by atoms with Gasteiger partial charge in [-0.15, -0.1) is 0 Å².